The number of nitrogens with one attached hydrogen (secondary N) is 2. The molecule has 146 valence electrons. The third-order valence-electron chi connectivity index (χ3n) is 4.02. The Labute approximate surface area is 159 Å². The number of aryl methyl sites for hydroxylation is 2. The Morgan fingerprint density at radius 3 is 2.37 bits per heavy atom. The quantitative estimate of drug-likeness (QED) is 0.595. The summed E-state index contributed by atoms with van der Waals surface area (Å²) < 4.78 is 32.5. The number of aromatic hydroxyl groups is 1. The van der Waals surface area contributed by atoms with Gasteiger partial charge in [0, 0.05) is 13.1 Å². The molecule has 7 nitrogen and oxygen atoms in total. The molecular weight excluding hydrogens is 368 g/mol. The molecule has 1 atom stereocenters. The molecule has 0 aliphatic rings. The highest BCUT2D eigenvalue weighted by Crippen LogP contribution is 2.17. The monoisotopic (exact) mass is 392 g/mol. The molecule has 2 aromatic rings. The Morgan fingerprint density at radius 1 is 1.07 bits per heavy atom. The molecule has 1 amide bonds. The molecule has 0 aliphatic carbocycles. The molecule has 2 rings (SSSR count). The second-order valence-electron chi connectivity index (χ2n) is 6.19. The van der Waals surface area contributed by atoms with Crippen molar-refractivity contribution in [1.29, 1.82) is 0 Å². The van der Waals surface area contributed by atoms with E-state index in [4.69, 9.17) is 4.74 Å². The van der Waals surface area contributed by atoms with Crippen LogP contribution in [-0.4, -0.2) is 38.6 Å². The van der Waals surface area contributed by atoms with Gasteiger partial charge in [0.2, 0.25) is 10.0 Å². The van der Waals surface area contributed by atoms with Gasteiger partial charge in [0.15, 0.2) is 6.10 Å². The van der Waals surface area contributed by atoms with Gasteiger partial charge in [-0.15, -0.1) is 0 Å². The maximum atomic E-state index is 12.3. The number of phenols is 1. The lowest BCUT2D eigenvalue weighted by molar-refractivity contribution is -0.127. The normalized spacial score (nSPS) is 12.4. The van der Waals surface area contributed by atoms with E-state index in [-0.39, 0.29) is 29.6 Å². The van der Waals surface area contributed by atoms with Gasteiger partial charge < -0.3 is 15.2 Å². The van der Waals surface area contributed by atoms with Gasteiger partial charge in [-0.2, -0.15) is 0 Å². The van der Waals surface area contributed by atoms with Crippen LogP contribution in [-0.2, 0) is 14.8 Å². The van der Waals surface area contributed by atoms with Crippen molar-refractivity contribution in [3.8, 4) is 11.5 Å². The Bertz CT molecular complexity index is 895. The van der Waals surface area contributed by atoms with Crippen molar-refractivity contribution in [2.45, 2.75) is 31.8 Å². The topological polar surface area (TPSA) is 105 Å². The molecule has 0 bridgehead atoms. The number of sulfonamides is 1. The van der Waals surface area contributed by atoms with E-state index in [1.165, 1.54) is 12.1 Å². The maximum Gasteiger partial charge on any atom is 0.260 e. The van der Waals surface area contributed by atoms with E-state index < -0.39 is 16.1 Å². The predicted octanol–water partition coefficient (Wildman–Crippen LogP) is 1.87. The molecule has 8 heteroatoms. The van der Waals surface area contributed by atoms with E-state index in [9.17, 15) is 18.3 Å². The van der Waals surface area contributed by atoms with E-state index in [1.54, 1.807) is 37.3 Å². The number of benzene rings is 2. The summed E-state index contributed by atoms with van der Waals surface area (Å²) in [7, 11) is -3.63. The van der Waals surface area contributed by atoms with Gasteiger partial charge in [-0.3, -0.25) is 4.79 Å². The van der Waals surface area contributed by atoms with Gasteiger partial charge in [-0.05, 0) is 68.3 Å². The van der Waals surface area contributed by atoms with Crippen LogP contribution in [0.25, 0.3) is 0 Å². The Kier molecular flexibility index (Phi) is 6.81. The number of ether oxygens (including phenoxy) is 1. The van der Waals surface area contributed by atoms with Crippen LogP contribution in [0.15, 0.2) is 47.4 Å². The van der Waals surface area contributed by atoms with Crippen LogP contribution in [0.1, 0.15) is 18.1 Å². The number of carbonyl (C=O) groups excluding carboxylic acids is 1. The minimum Gasteiger partial charge on any atom is -0.508 e. The van der Waals surface area contributed by atoms with E-state index in [1.807, 2.05) is 13.8 Å². The first-order chi connectivity index (χ1) is 12.7. The van der Waals surface area contributed by atoms with Gasteiger partial charge in [-0.25, -0.2) is 13.1 Å². The zero-order valence-corrected chi connectivity index (χ0v) is 16.3. The summed E-state index contributed by atoms with van der Waals surface area (Å²) in [5.41, 5.74) is 1.91. The summed E-state index contributed by atoms with van der Waals surface area (Å²) >= 11 is 0. The summed E-state index contributed by atoms with van der Waals surface area (Å²) in [4.78, 5) is 12.2. The molecule has 1 unspecified atom stereocenters. The van der Waals surface area contributed by atoms with Crippen molar-refractivity contribution in [1.82, 2.24) is 10.0 Å². The number of hydrogen-bond donors (Lipinski definition) is 3. The van der Waals surface area contributed by atoms with Crippen LogP contribution in [0.5, 0.6) is 11.5 Å². The highest BCUT2D eigenvalue weighted by molar-refractivity contribution is 7.89. The van der Waals surface area contributed by atoms with Crippen LogP contribution in [0, 0.1) is 13.8 Å². The molecule has 0 aliphatic heterocycles. The summed E-state index contributed by atoms with van der Waals surface area (Å²) in [5, 5.41) is 11.8. The Morgan fingerprint density at radius 2 is 1.74 bits per heavy atom. The van der Waals surface area contributed by atoms with Gasteiger partial charge in [0.1, 0.15) is 11.5 Å². The van der Waals surface area contributed by atoms with Crippen LogP contribution < -0.4 is 14.8 Å². The third kappa shape index (κ3) is 5.97. The number of carbonyl (C=O) groups is 1. The fraction of sp³-hybridized carbons (Fsp3) is 0.316. The standard InChI is InChI=1S/C19H24N2O5S/c1-13-4-9-18(12-14(13)2)27(24,25)21-11-10-20-19(23)15(3)26-17-7-5-16(22)6-8-17/h4-9,12,15,21-22H,10-11H2,1-3H3,(H,20,23). The lowest BCUT2D eigenvalue weighted by atomic mass is 10.1. The largest absolute Gasteiger partial charge is 0.508 e. The van der Waals surface area contributed by atoms with E-state index in [2.05, 4.69) is 10.0 Å². The van der Waals surface area contributed by atoms with Crippen molar-refractivity contribution in [3.63, 3.8) is 0 Å². The molecule has 2 aromatic carbocycles. The molecule has 0 saturated carbocycles. The van der Waals surface area contributed by atoms with Crippen LogP contribution in [0.3, 0.4) is 0 Å². The average Bonchev–Trinajstić information content (AvgIpc) is 2.62. The second kappa shape index (κ2) is 8.88. The Hall–Kier alpha value is -2.58. The van der Waals surface area contributed by atoms with Crippen LogP contribution in [0.4, 0.5) is 0 Å². The molecule has 0 saturated heterocycles. The number of phenolic OH excluding ortho intramolecular Hbond substituents is 1. The number of amides is 1. The summed E-state index contributed by atoms with van der Waals surface area (Å²) in [6.45, 7) is 5.54. The predicted molar refractivity (Wildman–Crippen MR) is 102 cm³/mol. The van der Waals surface area contributed by atoms with Gasteiger partial charge in [0.25, 0.3) is 5.91 Å². The third-order valence-corrected chi connectivity index (χ3v) is 5.48. The van der Waals surface area contributed by atoms with Crippen molar-refractivity contribution < 1.29 is 23.1 Å². The van der Waals surface area contributed by atoms with Crippen molar-refractivity contribution in [3.05, 3.63) is 53.6 Å². The highest BCUT2D eigenvalue weighted by atomic mass is 32.2. The van der Waals surface area contributed by atoms with Crippen LogP contribution >= 0.6 is 0 Å². The Balaban J connectivity index is 1.80. The summed E-state index contributed by atoms with van der Waals surface area (Å²) in [6.07, 6.45) is -0.758. The van der Waals surface area contributed by atoms with Gasteiger partial charge in [-0.1, -0.05) is 6.07 Å². The van der Waals surface area contributed by atoms with E-state index in [0.29, 0.717) is 5.75 Å². The van der Waals surface area contributed by atoms with Crippen molar-refractivity contribution >= 4 is 15.9 Å². The molecule has 3 N–H and O–H groups in total. The van der Waals surface area contributed by atoms with E-state index in [0.717, 1.165) is 11.1 Å². The minimum atomic E-state index is -3.63. The molecule has 0 radical (unpaired) electrons. The fourth-order valence-corrected chi connectivity index (χ4v) is 3.38. The molecule has 0 heterocycles. The summed E-state index contributed by atoms with van der Waals surface area (Å²) in [5.74, 6) is 0.190. The fourth-order valence-electron chi connectivity index (χ4n) is 2.26. The molecule has 0 spiro atoms. The van der Waals surface area contributed by atoms with Gasteiger partial charge >= 0.3 is 0 Å². The lowest BCUT2D eigenvalue weighted by Crippen LogP contribution is -2.40. The minimum absolute atomic E-state index is 0.0624. The van der Waals surface area contributed by atoms with Crippen molar-refractivity contribution in [2.75, 3.05) is 13.1 Å². The SMILES string of the molecule is Cc1ccc(S(=O)(=O)NCCNC(=O)C(C)Oc2ccc(O)cc2)cc1C. The molecule has 0 fully saturated rings. The summed E-state index contributed by atoms with van der Waals surface area (Å²) in [6, 6.07) is 10.9. The first-order valence-corrected chi connectivity index (χ1v) is 9.97. The zero-order valence-electron chi connectivity index (χ0n) is 15.5. The first-order valence-electron chi connectivity index (χ1n) is 8.49. The average molecular weight is 392 g/mol. The lowest BCUT2D eigenvalue weighted by Gasteiger charge is -2.15. The molecule has 27 heavy (non-hydrogen) atoms. The smallest absolute Gasteiger partial charge is 0.260 e. The maximum absolute atomic E-state index is 12.3. The molecular formula is C19H24N2O5S. The molecule has 0 aromatic heterocycles. The highest BCUT2D eigenvalue weighted by Gasteiger charge is 2.16. The van der Waals surface area contributed by atoms with Crippen molar-refractivity contribution in [2.24, 2.45) is 0 Å². The number of hydrogen-bond acceptors (Lipinski definition) is 5. The van der Waals surface area contributed by atoms with Crippen LogP contribution in [0.2, 0.25) is 0 Å². The number of rotatable bonds is 8. The van der Waals surface area contributed by atoms with E-state index >= 15 is 0 Å². The second-order valence-corrected chi connectivity index (χ2v) is 7.96. The van der Waals surface area contributed by atoms with Gasteiger partial charge in [0.05, 0.1) is 4.90 Å². The first kappa shape index (κ1) is 20.7. The zero-order chi connectivity index (χ0) is 20.0.